The number of hydrogen-bond donors (Lipinski definition) is 1. The normalized spacial score (nSPS) is 10.5. The Balaban J connectivity index is 1.74. The van der Waals surface area contributed by atoms with Gasteiger partial charge in [-0.2, -0.15) is 5.10 Å². The molecule has 39 heavy (non-hydrogen) atoms. The second kappa shape index (κ2) is 13.2. The number of hydrogen-bond acceptors (Lipinski definition) is 10. The van der Waals surface area contributed by atoms with E-state index in [4.69, 9.17) is 18.9 Å². The molecule has 0 atom stereocenters. The van der Waals surface area contributed by atoms with Crippen molar-refractivity contribution in [3.05, 3.63) is 98.6 Å². The molecule has 0 heterocycles. The number of hydrazone groups is 1. The lowest BCUT2D eigenvalue weighted by Gasteiger charge is -2.12. The van der Waals surface area contributed by atoms with Crippen molar-refractivity contribution in [2.75, 3.05) is 20.3 Å². The number of methoxy groups -OCH3 is 1. The molecular formula is C26H24N4O9. The zero-order valence-electron chi connectivity index (χ0n) is 21.0. The summed E-state index contributed by atoms with van der Waals surface area (Å²) < 4.78 is 22.0. The maximum atomic E-state index is 12.6. The van der Waals surface area contributed by atoms with Gasteiger partial charge >= 0.3 is 5.69 Å². The van der Waals surface area contributed by atoms with Gasteiger partial charge in [-0.15, -0.1) is 0 Å². The van der Waals surface area contributed by atoms with E-state index in [0.717, 1.165) is 18.2 Å². The average Bonchev–Trinajstić information content (AvgIpc) is 2.93. The predicted molar refractivity (Wildman–Crippen MR) is 141 cm³/mol. The standard InChI is InChI=1S/C26H24N4O9/c1-4-12-38-22-10-7-18(14-25(22)37-5-2)26(31)28-27-16-17-6-9-23(24(13-17)36-3)39-21-11-8-19(29(32)33)15-20(21)30(34)35/h4,6-11,13-16H,1,5,12H2,2-3H3,(H,28,31)/b27-16+. The van der Waals surface area contributed by atoms with Crippen molar-refractivity contribution < 1.29 is 33.6 Å². The van der Waals surface area contributed by atoms with Gasteiger partial charge in [0.25, 0.3) is 11.6 Å². The summed E-state index contributed by atoms with van der Waals surface area (Å²) in [5.41, 5.74) is 2.21. The van der Waals surface area contributed by atoms with E-state index in [9.17, 15) is 25.0 Å². The van der Waals surface area contributed by atoms with E-state index >= 15 is 0 Å². The number of carbonyl (C=O) groups is 1. The van der Waals surface area contributed by atoms with Crippen molar-refractivity contribution >= 4 is 23.5 Å². The molecule has 0 saturated carbocycles. The first-order chi connectivity index (χ1) is 18.8. The Bertz CT molecular complexity index is 1420. The highest BCUT2D eigenvalue weighted by Crippen LogP contribution is 2.38. The summed E-state index contributed by atoms with van der Waals surface area (Å²) in [4.78, 5) is 33.4. The lowest BCUT2D eigenvalue weighted by molar-refractivity contribution is -0.394. The number of rotatable bonds is 13. The van der Waals surface area contributed by atoms with E-state index in [0.29, 0.717) is 29.2 Å². The second-order valence-corrected chi connectivity index (χ2v) is 7.57. The number of nitrogens with one attached hydrogen (secondary N) is 1. The third kappa shape index (κ3) is 7.29. The van der Waals surface area contributed by atoms with Crippen LogP contribution in [-0.2, 0) is 0 Å². The van der Waals surface area contributed by atoms with Crippen LogP contribution in [0.3, 0.4) is 0 Å². The van der Waals surface area contributed by atoms with E-state index in [1.807, 2.05) is 6.92 Å². The van der Waals surface area contributed by atoms with Crippen molar-refractivity contribution in [1.82, 2.24) is 5.43 Å². The van der Waals surface area contributed by atoms with Crippen LogP contribution in [0.25, 0.3) is 0 Å². The number of ether oxygens (including phenoxy) is 4. The molecule has 3 aromatic rings. The number of nitro benzene ring substituents is 2. The summed E-state index contributed by atoms with van der Waals surface area (Å²) >= 11 is 0. The lowest BCUT2D eigenvalue weighted by Crippen LogP contribution is -2.17. The van der Waals surface area contributed by atoms with Gasteiger partial charge in [0.15, 0.2) is 23.0 Å². The van der Waals surface area contributed by atoms with Gasteiger partial charge in [0, 0.05) is 11.6 Å². The fraction of sp³-hybridized carbons (Fsp3) is 0.154. The molecule has 0 aromatic heterocycles. The maximum absolute atomic E-state index is 12.6. The molecule has 0 fully saturated rings. The average molecular weight is 536 g/mol. The van der Waals surface area contributed by atoms with Crippen LogP contribution in [0, 0.1) is 20.2 Å². The highest BCUT2D eigenvalue weighted by atomic mass is 16.6. The van der Waals surface area contributed by atoms with Gasteiger partial charge in [-0.25, -0.2) is 5.43 Å². The number of amides is 1. The fourth-order valence-electron chi connectivity index (χ4n) is 3.23. The molecule has 13 heteroatoms. The number of benzene rings is 3. The summed E-state index contributed by atoms with van der Waals surface area (Å²) in [6.07, 6.45) is 2.96. The lowest BCUT2D eigenvalue weighted by atomic mass is 10.2. The quantitative estimate of drug-likeness (QED) is 0.136. The molecule has 1 N–H and O–H groups in total. The molecule has 1 amide bonds. The van der Waals surface area contributed by atoms with Crippen LogP contribution >= 0.6 is 0 Å². The molecule has 13 nitrogen and oxygen atoms in total. The molecule has 3 aromatic carbocycles. The van der Waals surface area contributed by atoms with Crippen molar-refractivity contribution in [3.63, 3.8) is 0 Å². The Kier molecular flexibility index (Phi) is 9.51. The van der Waals surface area contributed by atoms with E-state index < -0.39 is 27.1 Å². The van der Waals surface area contributed by atoms with Crippen LogP contribution in [0.1, 0.15) is 22.8 Å². The first-order valence-corrected chi connectivity index (χ1v) is 11.4. The highest BCUT2D eigenvalue weighted by Gasteiger charge is 2.22. The van der Waals surface area contributed by atoms with Gasteiger partial charge in [-0.1, -0.05) is 12.7 Å². The molecule has 0 aliphatic rings. The molecule has 3 rings (SSSR count). The monoisotopic (exact) mass is 536 g/mol. The van der Waals surface area contributed by atoms with Gasteiger partial charge in [-0.05, 0) is 55.0 Å². The molecule has 0 unspecified atom stereocenters. The highest BCUT2D eigenvalue weighted by molar-refractivity contribution is 5.95. The third-order valence-corrected chi connectivity index (χ3v) is 5.00. The summed E-state index contributed by atoms with van der Waals surface area (Å²) in [5, 5.41) is 26.3. The molecule has 0 bridgehead atoms. The van der Waals surface area contributed by atoms with E-state index in [1.54, 1.807) is 30.3 Å². The maximum Gasteiger partial charge on any atom is 0.318 e. The first-order valence-electron chi connectivity index (χ1n) is 11.4. The second-order valence-electron chi connectivity index (χ2n) is 7.57. The fourth-order valence-corrected chi connectivity index (χ4v) is 3.23. The van der Waals surface area contributed by atoms with Crippen LogP contribution in [0.15, 0.2) is 72.4 Å². The predicted octanol–water partition coefficient (Wildman–Crippen LogP) is 5.03. The largest absolute Gasteiger partial charge is 0.493 e. The van der Waals surface area contributed by atoms with Crippen LogP contribution in [0.5, 0.6) is 28.7 Å². The zero-order valence-corrected chi connectivity index (χ0v) is 21.0. The van der Waals surface area contributed by atoms with Gasteiger partial charge in [0.2, 0.25) is 5.75 Å². The molecule has 202 valence electrons. The molecule has 0 aliphatic carbocycles. The number of nitrogens with zero attached hydrogens (tertiary/aromatic N) is 3. The molecule has 0 radical (unpaired) electrons. The Labute approximate surface area is 222 Å². The van der Waals surface area contributed by atoms with Crippen molar-refractivity contribution in [1.29, 1.82) is 0 Å². The van der Waals surface area contributed by atoms with Crippen molar-refractivity contribution in [2.24, 2.45) is 5.10 Å². The minimum Gasteiger partial charge on any atom is -0.493 e. The molecule has 0 saturated heterocycles. The van der Waals surface area contributed by atoms with Crippen LogP contribution in [-0.4, -0.2) is 42.3 Å². The van der Waals surface area contributed by atoms with Crippen LogP contribution in [0.4, 0.5) is 11.4 Å². The molecule has 0 aliphatic heterocycles. The Hall–Kier alpha value is -5.46. The van der Waals surface area contributed by atoms with Crippen LogP contribution < -0.4 is 24.4 Å². The summed E-state index contributed by atoms with van der Waals surface area (Å²) in [7, 11) is 1.37. The summed E-state index contributed by atoms with van der Waals surface area (Å²) in [5.74, 6) is 0.520. The zero-order chi connectivity index (χ0) is 28.4. The SMILES string of the molecule is C=CCOc1ccc(C(=O)N/N=C/c2ccc(Oc3ccc([N+](=O)[O-])cc3[N+](=O)[O-])c(OC)c2)cc1OCC. The number of nitro groups is 2. The van der Waals surface area contributed by atoms with Gasteiger partial charge < -0.3 is 18.9 Å². The van der Waals surface area contributed by atoms with Gasteiger partial charge in [0.1, 0.15) is 6.61 Å². The van der Waals surface area contributed by atoms with E-state index in [2.05, 4.69) is 17.1 Å². The van der Waals surface area contributed by atoms with E-state index in [-0.39, 0.29) is 23.9 Å². The Morgan fingerprint density at radius 2 is 1.69 bits per heavy atom. The minimum absolute atomic E-state index is 0.123. The topological polar surface area (TPSA) is 165 Å². The van der Waals surface area contributed by atoms with Crippen molar-refractivity contribution in [3.8, 4) is 28.7 Å². The minimum atomic E-state index is -0.780. The summed E-state index contributed by atoms with van der Waals surface area (Å²) in [6, 6.07) is 12.3. The number of carbonyl (C=O) groups excluding carboxylic acids is 1. The Morgan fingerprint density at radius 3 is 2.36 bits per heavy atom. The Morgan fingerprint density at radius 1 is 0.949 bits per heavy atom. The third-order valence-electron chi connectivity index (χ3n) is 5.00. The van der Waals surface area contributed by atoms with E-state index in [1.165, 1.54) is 25.5 Å². The van der Waals surface area contributed by atoms with Gasteiger partial charge in [-0.3, -0.25) is 25.0 Å². The molecule has 0 spiro atoms. The van der Waals surface area contributed by atoms with Crippen LogP contribution in [0.2, 0.25) is 0 Å². The summed E-state index contributed by atoms with van der Waals surface area (Å²) in [6.45, 7) is 6.08. The first kappa shape index (κ1) is 28.1. The van der Waals surface area contributed by atoms with Gasteiger partial charge in [0.05, 0.1) is 35.8 Å². The number of non-ortho nitro benzene ring substituents is 1. The smallest absolute Gasteiger partial charge is 0.318 e. The van der Waals surface area contributed by atoms with Crippen molar-refractivity contribution in [2.45, 2.75) is 6.92 Å². The molecular weight excluding hydrogens is 512 g/mol.